The summed E-state index contributed by atoms with van der Waals surface area (Å²) in [6, 6.07) is 14.4. The SMILES string of the molecule is O=C(Nc1cccc(-c2nnco2)c1)c1ccccc1OCC1CCCO1. The molecule has 0 aliphatic carbocycles. The number of para-hydroxylation sites is 1. The van der Waals surface area contributed by atoms with Crippen LogP contribution in [0.4, 0.5) is 5.69 Å². The van der Waals surface area contributed by atoms with Gasteiger partial charge in [0.1, 0.15) is 12.4 Å². The molecule has 0 bridgehead atoms. The fourth-order valence-corrected chi connectivity index (χ4v) is 2.97. The maximum Gasteiger partial charge on any atom is 0.259 e. The van der Waals surface area contributed by atoms with E-state index in [9.17, 15) is 4.79 Å². The summed E-state index contributed by atoms with van der Waals surface area (Å²) in [6.45, 7) is 1.21. The molecule has 3 aromatic rings. The number of aromatic nitrogens is 2. The summed E-state index contributed by atoms with van der Waals surface area (Å²) < 4.78 is 16.6. The van der Waals surface area contributed by atoms with E-state index < -0.39 is 0 Å². The van der Waals surface area contributed by atoms with E-state index in [2.05, 4.69) is 15.5 Å². The lowest BCUT2D eigenvalue weighted by molar-refractivity contribution is 0.0673. The van der Waals surface area contributed by atoms with Gasteiger partial charge in [-0.15, -0.1) is 10.2 Å². The first-order chi connectivity index (χ1) is 13.3. The zero-order valence-electron chi connectivity index (χ0n) is 14.6. The van der Waals surface area contributed by atoms with Crippen molar-refractivity contribution in [3.8, 4) is 17.2 Å². The van der Waals surface area contributed by atoms with Gasteiger partial charge in [0.15, 0.2) is 0 Å². The molecular weight excluding hydrogens is 346 g/mol. The van der Waals surface area contributed by atoms with Crippen molar-refractivity contribution < 1.29 is 18.7 Å². The lowest BCUT2D eigenvalue weighted by Gasteiger charge is -2.14. The first-order valence-electron chi connectivity index (χ1n) is 8.81. The number of nitrogens with one attached hydrogen (secondary N) is 1. The molecule has 2 heterocycles. The van der Waals surface area contributed by atoms with Crippen molar-refractivity contribution in [2.75, 3.05) is 18.5 Å². The van der Waals surface area contributed by atoms with E-state index in [1.54, 1.807) is 24.3 Å². The van der Waals surface area contributed by atoms with Crippen LogP contribution < -0.4 is 10.1 Å². The van der Waals surface area contributed by atoms with Crippen LogP contribution in [0.2, 0.25) is 0 Å². The number of carbonyl (C=O) groups is 1. The predicted octanol–water partition coefficient (Wildman–Crippen LogP) is 3.55. The molecule has 4 rings (SSSR count). The number of anilines is 1. The second-order valence-corrected chi connectivity index (χ2v) is 6.22. The van der Waals surface area contributed by atoms with E-state index >= 15 is 0 Å². The molecule has 0 radical (unpaired) electrons. The average molecular weight is 365 g/mol. The summed E-state index contributed by atoms with van der Waals surface area (Å²) in [5.41, 5.74) is 1.83. The molecule has 0 saturated carbocycles. The van der Waals surface area contributed by atoms with Crippen LogP contribution in [-0.2, 0) is 4.74 Å². The Morgan fingerprint density at radius 1 is 1.22 bits per heavy atom. The number of hydrogen-bond acceptors (Lipinski definition) is 6. The van der Waals surface area contributed by atoms with Crippen molar-refractivity contribution in [2.45, 2.75) is 18.9 Å². The van der Waals surface area contributed by atoms with Crippen molar-refractivity contribution in [1.82, 2.24) is 10.2 Å². The molecule has 7 nitrogen and oxygen atoms in total. The predicted molar refractivity (Wildman–Crippen MR) is 98.6 cm³/mol. The highest BCUT2D eigenvalue weighted by molar-refractivity contribution is 6.06. The monoisotopic (exact) mass is 365 g/mol. The van der Waals surface area contributed by atoms with Crippen molar-refractivity contribution in [1.29, 1.82) is 0 Å². The highest BCUT2D eigenvalue weighted by atomic mass is 16.5. The molecule has 0 spiro atoms. The van der Waals surface area contributed by atoms with Crippen LogP contribution in [0.1, 0.15) is 23.2 Å². The molecular formula is C20H19N3O4. The maximum atomic E-state index is 12.8. The number of nitrogens with zero attached hydrogens (tertiary/aromatic N) is 2. The summed E-state index contributed by atoms with van der Waals surface area (Å²) in [5, 5.41) is 10.4. The molecule has 138 valence electrons. The van der Waals surface area contributed by atoms with E-state index in [1.807, 2.05) is 24.3 Å². The zero-order chi connectivity index (χ0) is 18.5. The van der Waals surface area contributed by atoms with Gasteiger partial charge in [0.05, 0.1) is 11.7 Å². The van der Waals surface area contributed by atoms with Gasteiger partial charge in [-0.3, -0.25) is 4.79 Å². The molecule has 1 atom stereocenters. The molecule has 1 saturated heterocycles. The van der Waals surface area contributed by atoms with Crippen LogP contribution in [-0.4, -0.2) is 35.4 Å². The van der Waals surface area contributed by atoms with Crippen LogP contribution in [0.15, 0.2) is 59.3 Å². The third kappa shape index (κ3) is 4.15. The van der Waals surface area contributed by atoms with Crippen LogP contribution in [0.5, 0.6) is 5.75 Å². The minimum absolute atomic E-state index is 0.0900. The molecule has 1 aliphatic rings. The maximum absolute atomic E-state index is 12.8. The van der Waals surface area contributed by atoms with Gasteiger partial charge in [-0.2, -0.15) is 0 Å². The average Bonchev–Trinajstić information content (AvgIpc) is 3.41. The minimum Gasteiger partial charge on any atom is -0.490 e. The molecule has 7 heteroatoms. The second kappa shape index (κ2) is 8.01. The summed E-state index contributed by atoms with van der Waals surface area (Å²) >= 11 is 0. The highest BCUT2D eigenvalue weighted by Gasteiger charge is 2.18. The first kappa shape index (κ1) is 17.2. The third-order valence-electron chi connectivity index (χ3n) is 4.31. The summed E-state index contributed by atoms with van der Waals surface area (Å²) in [4.78, 5) is 12.8. The lowest BCUT2D eigenvalue weighted by Crippen LogP contribution is -2.19. The van der Waals surface area contributed by atoms with Crippen LogP contribution in [0.25, 0.3) is 11.5 Å². The van der Waals surface area contributed by atoms with Crippen molar-refractivity contribution in [3.05, 3.63) is 60.5 Å². The standard InChI is InChI=1S/C20H19N3O4/c24-19(22-15-6-3-5-14(11-15)20-23-21-13-27-20)17-8-1-2-9-18(17)26-12-16-7-4-10-25-16/h1-3,5-6,8-9,11,13,16H,4,7,10,12H2,(H,22,24). The van der Waals surface area contributed by atoms with E-state index in [4.69, 9.17) is 13.9 Å². The Morgan fingerprint density at radius 2 is 2.15 bits per heavy atom. The molecule has 1 aliphatic heterocycles. The second-order valence-electron chi connectivity index (χ2n) is 6.22. The van der Waals surface area contributed by atoms with E-state index in [1.165, 1.54) is 6.39 Å². The van der Waals surface area contributed by atoms with Gasteiger partial charge >= 0.3 is 0 Å². The van der Waals surface area contributed by atoms with Crippen LogP contribution >= 0.6 is 0 Å². The van der Waals surface area contributed by atoms with E-state index in [0.29, 0.717) is 29.5 Å². The van der Waals surface area contributed by atoms with Gasteiger partial charge in [0, 0.05) is 17.9 Å². The molecule has 1 N–H and O–H groups in total. The van der Waals surface area contributed by atoms with Gasteiger partial charge in [-0.05, 0) is 43.2 Å². The first-order valence-corrected chi connectivity index (χ1v) is 8.81. The molecule has 1 aromatic heterocycles. The Labute approximate surface area is 156 Å². The molecule has 27 heavy (non-hydrogen) atoms. The zero-order valence-corrected chi connectivity index (χ0v) is 14.6. The van der Waals surface area contributed by atoms with Gasteiger partial charge in [0.25, 0.3) is 5.91 Å². The fourth-order valence-electron chi connectivity index (χ4n) is 2.97. The molecule has 1 fully saturated rings. The number of rotatable bonds is 6. The van der Waals surface area contributed by atoms with Crippen LogP contribution in [0.3, 0.4) is 0 Å². The van der Waals surface area contributed by atoms with Gasteiger partial charge in [-0.25, -0.2) is 0 Å². The van der Waals surface area contributed by atoms with Crippen molar-refractivity contribution >= 4 is 11.6 Å². The summed E-state index contributed by atoms with van der Waals surface area (Å²) in [5.74, 6) is 0.686. The Hall–Kier alpha value is -3.19. The molecule has 1 amide bonds. The number of ether oxygens (including phenoxy) is 2. The largest absolute Gasteiger partial charge is 0.490 e. The van der Waals surface area contributed by atoms with Gasteiger partial charge < -0.3 is 19.2 Å². The Balaban J connectivity index is 1.47. The van der Waals surface area contributed by atoms with E-state index in [0.717, 1.165) is 25.0 Å². The van der Waals surface area contributed by atoms with Gasteiger partial charge in [0.2, 0.25) is 12.3 Å². The minimum atomic E-state index is -0.249. The van der Waals surface area contributed by atoms with Gasteiger partial charge in [-0.1, -0.05) is 18.2 Å². The fraction of sp³-hybridized carbons (Fsp3) is 0.250. The molecule has 1 unspecified atom stereocenters. The Bertz CT molecular complexity index is 905. The van der Waals surface area contributed by atoms with Crippen molar-refractivity contribution in [2.24, 2.45) is 0 Å². The summed E-state index contributed by atoms with van der Waals surface area (Å²) in [7, 11) is 0. The quantitative estimate of drug-likeness (QED) is 0.719. The number of amides is 1. The third-order valence-corrected chi connectivity index (χ3v) is 4.31. The Kier molecular flexibility index (Phi) is 5.11. The number of benzene rings is 2. The lowest BCUT2D eigenvalue weighted by atomic mass is 10.1. The number of hydrogen-bond donors (Lipinski definition) is 1. The van der Waals surface area contributed by atoms with Crippen LogP contribution in [0, 0.1) is 0 Å². The smallest absolute Gasteiger partial charge is 0.259 e. The van der Waals surface area contributed by atoms with Crippen molar-refractivity contribution in [3.63, 3.8) is 0 Å². The Morgan fingerprint density at radius 3 is 2.96 bits per heavy atom. The normalized spacial score (nSPS) is 16.2. The summed E-state index contributed by atoms with van der Waals surface area (Å²) in [6.07, 6.45) is 3.39. The number of carbonyl (C=O) groups excluding carboxylic acids is 1. The molecule has 2 aromatic carbocycles. The highest BCUT2D eigenvalue weighted by Crippen LogP contribution is 2.24. The van der Waals surface area contributed by atoms with E-state index in [-0.39, 0.29) is 12.0 Å². The topological polar surface area (TPSA) is 86.5 Å².